The summed E-state index contributed by atoms with van der Waals surface area (Å²) in [6, 6.07) is 16.1. The first-order chi connectivity index (χ1) is 12.5. The Labute approximate surface area is 156 Å². The maximum Gasteiger partial charge on any atom is 0.238 e. The third kappa shape index (κ3) is 4.36. The minimum atomic E-state index is -0.272. The van der Waals surface area contributed by atoms with Gasteiger partial charge in [0.2, 0.25) is 5.91 Å². The van der Waals surface area contributed by atoms with Crippen molar-refractivity contribution < 1.29 is 9.18 Å². The van der Waals surface area contributed by atoms with Crippen LogP contribution in [-0.2, 0) is 4.79 Å². The highest BCUT2D eigenvalue weighted by Gasteiger charge is 2.17. The Bertz CT molecular complexity index is 855. The monoisotopic (exact) mass is 368 g/mol. The highest BCUT2D eigenvalue weighted by atomic mass is 32.1. The largest absolute Gasteiger partial charge is 0.324 e. The first-order valence-electron chi connectivity index (χ1n) is 8.43. The standard InChI is InChI=1S/C21H21FN2OS/c1-14-5-3-6-15(2)20(14)24-19(25)13-23-21(18-7-4-12-26-18)16-8-10-17(22)11-9-16/h3-12,21,23H,13H2,1-2H3,(H,24,25)/t21-/m0/s1. The van der Waals surface area contributed by atoms with Gasteiger partial charge in [-0.3, -0.25) is 10.1 Å². The quantitative estimate of drug-likeness (QED) is 0.655. The summed E-state index contributed by atoms with van der Waals surface area (Å²) in [5.41, 5.74) is 3.85. The van der Waals surface area contributed by atoms with Gasteiger partial charge in [0.15, 0.2) is 0 Å². The molecule has 0 aliphatic carbocycles. The molecule has 2 aromatic carbocycles. The molecule has 0 radical (unpaired) electrons. The number of nitrogens with one attached hydrogen (secondary N) is 2. The van der Waals surface area contributed by atoms with Crippen LogP contribution in [0.1, 0.15) is 27.6 Å². The molecule has 0 spiro atoms. The SMILES string of the molecule is Cc1cccc(C)c1NC(=O)CN[C@@H](c1ccc(F)cc1)c1cccs1. The summed E-state index contributed by atoms with van der Waals surface area (Å²) in [7, 11) is 0. The van der Waals surface area contributed by atoms with Crippen LogP contribution in [0.3, 0.4) is 0 Å². The third-order valence-electron chi connectivity index (χ3n) is 4.24. The van der Waals surface area contributed by atoms with Gasteiger partial charge in [-0.05, 0) is 54.1 Å². The van der Waals surface area contributed by atoms with E-state index >= 15 is 0 Å². The van der Waals surface area contributed by atoms with Crippen molar-refractivity contribution in [3.05, 3.63) is 87.4 Å². The first kappa shape index (κ1) is 18.3. The lowest BCUT2D eigenvalue weighted by Gasteiger charge is -2.18. The Hall–Kier alpha value is -2.50. The molecule has 0 aliphatic heterocycles. The van der Waals surface area contributed by atoms with E-state index in [1.807, 2.05) is 49.6 Å². The van der Waals surface area contributed by atoms with Crippen molar-refractivity contribution in [3.8, 4) is 0 Å². The van der Waals surface area contributed by atoms with E-state index in [1.165, 1.54) is 12.1 Å². The number of halogens is 1. The predicted octanol–water partition coefficient (Wildman–Crippen LogP) is 4.82. The normalized spacial score (nSPS) is 12.0. The number of anilines is 1. The minimum absolute atomic E-state index is 0.105. The summed E-state index contributed by atoms with van der Waals surface area (Å²) >= 11 is 1.60. The van der Waals surface area contributed by atoms with E-state index < -0.39 is 0 Å². The molecule has 3 rings (SSSR count). The summed E-state index contributed by atoms with van der Waals surface area (Å²) in [5.74, 6) is -0.377. The molecule has 5 heteroatoms. The van der Waals surface area contributed by atoms with Gasteiger partial charge in [-0.25, -0.2) is 4.39 Å². The van der Waals surface area contributed by atoms with Crippen molar-refractivity contribution >= 4 is 22.9 Å². The number of hydrogen-bond donors (Lipinski definition) is 2. The van der Waals surface area contributed by atoms with Crippen LogP contribution >= 0.6 is 11.3 Å². The van der Waals surface area contributed by atoms with Gasteiger partial charge in [-0.2, -0.15) is 0 Å². The summed E-state index contributed by atoms with van der Waals surface area (Å²) in [6.45, 7) is 4.11. The van der Waals surface area contributed by atoms with Gasteiger partial charge in [0.1, 0.15) is 5.82 Å². The maximum atomic E-state index is 13.2. The molecule has 134 valence electrons. The van der Waals surface area contributed by atoms with Gasteiger partial charge in [0, 0.05) is 10.6 Å². The summed E-state index contributed by atoms with van der Waals surface area (Å²) in [5, 5.41) is 8.26. The Kier molecular flexibility index (Phi) is 5.81. The fourth-order valence-corrected chi connectivity index (χ4v) is 3.71. The van der Waals surface area contributed by atoms with E-state index in [9.17, 15) is 9.18 Å². The number of carbonyl (C=O) groups is 1. The van der Waals surface area contributed by atoms with Crippen molar-refractivity contribution in [1.29, 1.82) is 0 Å². The van der Waals surface area contributed by atoms with Crippen LogP contribution in [0.5, 0.6) is 0 Å². The fourth-order valence-electron chi connectivity index (χ4n) is 2.88. The molecule has 1 aromatic heterocycles. The zero-order chi connectivity index (χ0) is 18.5. The summed E-state index contributed by atoms with van der Waals surface area (Å²) < 4.78 is 13.2. The van der Waals surface area contributed by atoms with Crippen LogP contribution in [0.25, 0.3) is 0 Å². The molecule has 0 saturated carbocycles. The minimum Gasteiger partial charge on any atom is -0.324 e. The molecule has 0 saturated heterocycles. The van der Waals surface area contributed by atoms with Crippen molar-refractivity contribution in [3.63, 3.8) is 0 Å². The lowest BCUT2D eigenvalue weighted by molar-refractivity contribution is -0.115. The van der Waals surface area contributed by atoms with E-state index in [-0.39, 0.29) is 24.3 Å². The number of para-hydroxylation sites is 1. The topological polar surface area (TPSA) is 41.1 Å². The van der Waals surface area contributed by atoms with Crippen molar-refractivity contribution in [1.82, 2.24) is 5.32 Å². The molecule has 0 unspecified atom stereocenters. The second kappa shape index (κ2) is 8.25. The van der Waals surface area contributed by atoms with E-state index in [0.29, 0.717) is 0 Å². The molecular formula is C21H21FN2OS. The van der Waals surface area contributed by atoms with Crippen LogP contribution < -0.4 is 10.6 Å². The second-order valence-electron chi connectivity index (χ2n) is 6.20. The molecule has 3 nitrogen and oxygen atoms in total. The molecule has 0 aliphatic rings. The third-order valence-corrected chi connectivity index (χ3v) is 5.18. The number of hydrogen-bond acceptors (Lipinski definition) is 3. The summed E-state index contributed by atoms with van der Waals surface area (Å²) in [4.78, 5) is 13.5. The van der Waals surface area contributed by atoms with Gasteiger partial charge < -0.3 is 5.32 Å². The number of rotatable bonds is 6. The number of carbonyl (C=O) groups excluding carboxylic acids is 1. The number of amides is 1. The lowest BCUT2D eigenvalue weighted by Crippen LogP contribution is -2.31. The van der Waals surface area contributed by atoms with E-state index in [1.54, 1.807) is 23.5 Å². The molecule has 1 atom stereocenters. The highest BCUT2D eigenvalue weighted by molar-refractivity contribution is 7.10. The van der Waals surface area contributed by atoms with Crippen LogP contribution in [0, 0.1) is 19.7 Å². The van der Waals surface area contributed by atoms with Gasteiger partial charge in [0.25, 0.3) is 0 Å². The second-order valence-corrected chi connectivity index (χ2v) is 7.18. The van der Waals surface area contributed by atoms with E-state index in [2.05, 4.69) is 10.6 Å². The van der Waals surface area contributed by atoms with E-state index in [4.69, 9.17) is 0 Å². The van der Waals surface area contributed by atoms with Crippen molar-refractivity contribution in [2.45, 2.75) is 19.9 Å². The van der Waals surface area contributed by atoms with Crippen molar-refractivity contribution in [2.75, 3.05) is 11.9 Å². The first-order valence-corrected chi connectivity index (χ1v) is 9.31. The smallest absolute Gasteiger partial charge is 0.238 e. The molecule has 1 amide bonds. The molecular weight excluding hydrogens is 347 g/mol. The number of benzene rings is 2. The Morgan fingerprint density at radius 3 is 2.35 bits per heavy atom. The number of aryl methyl sites for hydroxylation is 2. The maximum absolute atomic E-state index is 13.2. The Balaban J connectivity index is 1.72. The summed E-state index contributed by atoms with van der Waals surface area (Å²) in [6.07, 6.45) is 0. The molecule has 0 fully saturated rings. The lowest BCUT2D eigenvalue weighted by atomic mass is 10.1. The van der Waals surface area contributed by atoms with Crippen LogP contribution in [0.15, 0.2) is 60.0 Å². The molecule has 3 aromatic rings. The van der Waals surface area contributed by atoms with Gasteiger partial charge >= 0.3 is 0 Å². The van der Waals surface area contributed by atoms with Crippen LogP contribution in [0.2, 0.25) is 0 Å². The Morgan fingerprint density at radius 1 is 1.04 bits per heavy atom. The fraction of sp³-hybridized carbons (Fsp3) is 0.190. The van der Waals surface area contributed by atoms with Gasteiger partial charge in [0.05, 0.1) is 12.6 Å². The van der Waals surface area contributed by atoms with Gasteiger partial charge in [-0.1, -0.05) is 36.4 Å². The van der Waals surface area contributed by atoms with E-state index in [0.717, 1.165) is 27.3 Å². The van der Waals surface area contributed by atoms with Crippen LogP contribution in [-0.4, -0.2) is 12.5 Å². The highest BCUT2D eigenvalue weighted by Crippen LogP contribution is 2.26. The molecule has 0 bridgehead atoms. The average Bonchev–Trinajstić information content (AvgIpc) is 3.14. The van der Waals surface area contributed by atoms with Crippen LogP contribution in [0.4, 0.5) is 10.1 Å². The molecule has 1 heterocycles. The van der Waals surface area contributed by atoms with Crippen molar-refractivity contribution in [2.24, 2.45) is 0 Å². The molecule has 2 N–H and O–H groups in total. The van der Waals surface area contributed by atoms with Gasteiger partial charge in [-0.15, -0.1) is 11.3 Å². The predicted molar refractivity (Wildman–Crippen MR) is 105 cm³/mol. The zero-order valence-corrected chi connectivity index (χ0v) is 15.6. The molecule has 26 heavy (non-hydrogen) atoms. The average molecular weight is 368 g/mol. The number of thiophene rings is 1. The Morgan fingerprint density at radius 2 is 1.73 bits per heavy atom. The zero-order valence-electron chi connectivity index (χ0n) is 14.8.